The van der Waals surface area contributed by atoms with Crippen LogP contribution >= 0.6 is 0 Å². The first kappa shape index (κ1) is 23.5. The second kappa shape index (κ2) is 9.51. The Bertz CT molecular complexity index is 1650. The van der Waals surface area contributed by atoms with Crippen LogP contribution in [0.2, 0.25) is 0 Å². The molecule has 0 saturated heterocycles. The molecule has 5 aromatic rings. The molecule has 0 radical (unpaired) electrons. The molecule has 4 nitrogen and oxygen atoms in total. The van der Waals surface area contributed by atoms with E-state index in [4.69, 9.17) is 0 Å². The molecule has 2 aliphatic rings. The number of hydrogen-bond donors (Lipinski definition) is 1. The average Bonchev–Trinajstić information content (AvgIpc) is 3.42. The largest absolute Gasteiger partial charge is 0.358 e. The van der Waals surface area contributed by atoms with Crippen LogP contribution in [-0.4, -0.2) is 21.1 Å². The van der Waals surface area contributed by atoms with E-state index in [1.165, 1.54) is 27.9 Å². The number of nitrogens with one attached hydrogen (secondary N) is 1. The van der Waals surface area contributed by atoms with E-state index in [-0.39, 0.29) is 0 Å². The summed E-state index contributed by atoms with van der Waals surface area (Å²) in [5, 5.41) is 2.24. The van der Waals surface area contributed by atoms with E-state index in [1.807, 2.05) is 6.07 Å². The van der Waals surface area contributed by atoms with Crippen LogP contribution in [0.1, 0.15) is 74.5 Å². The molecule has 0 spiro atoms. The topological polar surface area (TPSA) is 54.9 Å². The summed E-state index contributed by atoms with van der Waals surface area (Å²) in [6.07, 6.45) is 5.35. The summed E-state index contributed by atoms with van der Waals surface area (Å²) in [5.74, 6) is 0.608. The first-order valence-electron chi connectivity index (χ1n) is 13.3. The Morgan fingerprint density at radius 2 is 1.41 bits per heavy atom. The molecule has 2 aromatic heterocycles. The second-order valence-corrected chi connectivity index (χ2v) is 10.5. The van der Waals surface area contributed by atoms with E-state index >= 15 is 0 Å². The van der Waals surface area contributed by atoms with Gasteiger partial charge in [0.05, 0.1) is 0 Å². The lowest BCUT2D eigenvalue weighted by molar-refractivity contribution is 0.0965. The minimum atomic E-state index is 0.299. The Labute approximate surface area is 217 Å². The predicted octanol–water partition coefficient (Wildman–Crippen LogP) is 7.51. The smallest absolute Gasteiger partial charge is 0.165 e. The lowest BCUT2D eigenvalue weighted by atomic mass is 9.94. The minimum Gasteiger partial charge on any atom is -0.358 e. The fourth-order valence-corrected chi connectivity index (χ4v) is 6.00. The average molecular weight is 489 g/mol. The quantitative estimate of drug-likeness (QED) is 0.279. The minimum absolute atomic E-state index is 0.299. The second-order valence-electron chi connectivity index (χ2n) is 10.5. The van der Waals surface area contributed by atoms with Crippen molar-refractivity contribution in [3.63, 3.8) is 0 Å². The first-order chi connectivity index (χ1) is 18.0. The normalized spacial score (nSPS) is 14.9. The molecular weight excluding hydrogens is 456 g/mol. The van der Waals surface area contributed by atoms with Gasteiger partial charge in [-0.3, -0.25) is 9.59 Å². The Hall–Kier alpha value is -3.92. The Balaban J connectivity index is 0.000000146. The van der Waals surface area contributed by atoms with Gasteiger partial charge in [0.25, 0.3) is 0 Å². The van der Waals surface area contributed by atoms with Crippen LogP contribution in [0.15, 0.2) is 66.7 Å². The number of aromatic nitrogens is 2. The fraction of sp³-hybridized carbons (Fsp3) is 0.273. The molecule has 0 bridgehead atoms. The summed E-state index contributed by atoms with van der Waals surface area (Å²) in [6.45, 7) is 4.99. The van der Waals surface area contributed by atoms with Gasteiger partial charge < -0.3 is 9.55 Å². The molecule has 0 aliphatic heterocycles. The summed E-state index contributed by atoms with van der Waals surface area (Å²) in [4.78, 5) is 27.7. The molecule has 0 unspecified atom stereocenters. The van der Waals surface area contributed by atoms with Crippen molar-refractivity contribution < 1.29 is 9.59 Å². The Kier molecular flexibility index (Phi) is 6.03. The van der Waals surface area contributed by atoms with Crippen LogP contribution in [0.4, 0.5) is 0 Å². The summed E-state index contributed by atoms with van der Waals surface area (Å²) in [7, 11) is 0. The van der Waals surface area contributed by atoms with Crippen molar-refractivity contribution in [3.05, 3.63) is 106 Å². The highest BCUT2D eigenvalue weighted by molar-refractivity contribution is 6.11. The van der Waals surface area contributed by atoms with Crippen molar-refractivity contribution >= 4 is 33.4 Å². The number of carbonyl (C=O) groups is 2. The number of aromatic amines is 1. The monoisotopic (exact) mass is 488 g/mol. The highest BCUT2D eigenvalue weighted by Gasteiger charge is 2.26. The van der Waals surface area contributed by atoms with Gasteiger partial charge in [-0.1, -0.05) is 53.6 Å². The van der Waals surface area contributed by atoms with Gasteiger partial charge in [0.1, 0.15) is 0 Å². The highest BCUT2D eigenvalue weighted by Crippen LogP contribution is 2.33. The molecule has 0 amide bonds. The summed E-state index contributed by atoms with van der Waals surface area (Å²) in [5.41, 5.74) is 10.3. The third kappa shape index (κ3) is 4.31. The van der Waals surface area contributed by atoms with E-state index in [1.54, 1.807) is 0 Å². The van der Waals surface area contributed by atoms with E-state index in [0.717, 1.165) is 65.3 Å². The zero-order chi connectivity index (χ0) is 25.5. The maximum Gasteiger partial charge on any atom is 0.165 e. The zero-order valence-corrected chi connectivity index (χ0v) is 21.6. The molecule has 1 N–H and O–H groups in total. The number of nitrogens with zero attached hydrogens (tertiary/aromatic N) is 1. The molecule has 186 valence electrons. The molecular formula is C33H32N2O2. The SMILES string of the molecule is Cc1ccc2[nH]c3c(c2c1)C(=O)CCC3.Cc1ccc2c(c1)c1c(n2Cc2ccccc2)CCCC1=O. The fourth-order valence-electron chi connectivity index (χ4n) is 6.00. The number of H-pyrrole nitrogens is 1. The molecule has 0 fully saturated rings. The van der Waals surface area contributed by atoms with Crippen molar-refractivity contribution in [3.8, 4) is 0 Å². The number of Topliss-reactive ketones (excluding diaryl/α,β-unsaturated/α-hetero) is 2. The predicted molar refractivity (Wildman–Crippen MR) is 150 cm³/mol. The summed E-state index contributed by atoms with van der Waals surface area (Å²) in [6, 6.07) is 23.2. The number of hydrogen-bond acceptors (Lipinski definition) is 2. The molecule has 7 rings (SSSR count). The number of benzene rings is 3. The van der Waals surface area contributed by atoms with Crippen LogP contribution in [0.5, 0.6) is 0 Å². The van der Waals surface area contributed by atoms with Gasteiger partial charge in [0.2, 0.25) is 0 Å². The number of aryl methyl sites for hydroxylation is 3. The number of carbonyl (C=O) groups excluding carboxylic acids is 2. The molecule has 3 aromatic carbocycles. The van der Waals surface area contributed by atoms with Gasteiger partial charge in [0, 0.05) is 63.7 Å². The molecule has 4 heteroatoms. The highest BCUT2D eigenvalue weighted by atomic mass is 16.1. The molecule has 37 heavy (non-hydrogen) atoms. The number of fused-ring (bicyclic) bond motifs is 6. The van der Waals surface area contributed by atoms with Crippen LogP contribution in [-0.2, 0) is 19.4 Å². The van der Waals surface area contributed by atoms with Gasteiger partial charge in [-0.05, 0) is 69.4 Å². The van der Waals surface area contributed by atoms with E-state index < -0.39 is 0 Å². The van der Waals surface area contributed by atoms with Crippen LogP contribution in [0.25, 0.3) is 21.8 Å². The third-order valence-corrected chi connectivity index (χ3v) is 7.75. The van der Waals surface area contributed by atoms with E-state index in [2.05, 4.69) is 84.1 Å². The Morgan fingerprint density at radius 3 is 2.19 bits per heavy atom. The standard InChI is InChI=1S/C20H19NO.C13H13NO/c1-14-10-11-17-16(12-14)20-18(8-5-9-19(20)22)21(17)13-15-6-3-2-4-7-15;1-8-5-6-10-9(7-8)13-11(14-10)3-2-4-12(13)15/h2-4,6-7,10-12H,5,8-9,13H2,1H3;5-7,14H,2-4H2,1H3. The zero-order valence-electron chi connectivity index (χ0n) is 21.6. The number of rotatable bonds is 2. The van der Waals surface area contributed by atoms with Crippen molar-refractivity contribution in [1.29, 1.82) is 0 Å². The van der Waals surface area contributed by atoms with Gasteiger partial charge in [-0.25, -0.2) is 0 Å². The molecule has 0 atom stereocenters. The van der Waals surface area contributed by atoms with Crippen molar-refractivity contribution in [2.75, 3.05) is 0 Å². The van der Waals surface area contributed by atoms with E-state index in [9.17, 15) is 9.59 Å². The maximum atomic E-state index is 12.5. The van der Waals surface area contributed by atoms with Crippen molar-refractivity contribution in [2.45, 2.75) is 58.9 Å². The van der Waals surface area contributed by atoms with Crippen LogP contribution in [0, 0.1) is 13.8 Å². The lowest BCUT2D eigenvalue weighted by Crippen LogP contribution is -2.13. The summed E-state index contributed by atoms with van der Waals surface area (Å²) >= 11 is 0. The van der Waals surface area contributed by atoms with E-state index in [0.29, 0.717) is 24.4 Å². The van der Waals surface area contributed by atoms with Crippen molar-refractivity contribution in [1.82, 2.24) is 9.55 Å². The lowest BCUT2D eigenvalue weighted by Gasteiger charge is -2.15. The summed E-state index contributed by atoms with van der Waals surface area (Å²) < 4.78 is 2.34. The molecule has 0 saturated carbocycles. The van der Waals surface area contributed by atoms with Gasteiger partial charge >= 0.3 is 0 Å². The molecule has 2 heterocycles. The third-order valence-electron chi connectivity index (χ3n) is 7.75. The van der Waals surface area contributed by atoms with Gasteiger partial charge in [0.15, 0.2) is 11.6 Å². The van der Waals surface area contributed by atoms with Gasteiger partial charge in [-0.2, -0.15) is 0 Å². The molecule has 2 aliphatic carbocycles. The van der Waals surface area contributed by atoms with Crippen molar-refractivity contribution in [2.24, 2.45) is 0 Å². The number of ketones is 2. The van der Waals surface area contributed by atoms with Crippen LogP contribution in [0.3, 0.4) is 0 Å². The first-order valence-corrected chi connectivity index (χ1v) is 13.3. The maximum absolute atomic E-state index is 12.5. The van der Waals surface area contributed by atoms with Gasteiger partial charge in [-0.15, -0.1) is 0 Å². The Morgan fingerprint density at radius 1 is 0.730 bits per heavy atom. The van der Waals surface area contributed by atoms with Crippen LogP contribution < -0.4 is 0 Å².